The fourth-order valence-corrected chi connectivity index (χ4v) is 3.58. The molecule has 118 valence electrons. The third-order valence-corrected chi connectivity index (χ3v) is 5.44. The number of ether oxygens (including phenoxy) is 1. The Hall–Kier alpha value is -1.11. The van der Waals surface area contributed by atoms with Crippen LogP contribution in [0, 0.1) is 5.92 Å². The highest BCUT2D eigenvalue weighted by molar-refractivity contribution is 7.89. The Morgan fingerprint density at radius 1 is 1.38 bits per heavy atom. The van der Waals surface area contributed by atoms with Gasteiger partial charge in [0.25, 0.3) is 0 Å². The molecule has 0 aromatic heterocycles. The maximum absolute atomic E-state index is 12.6. The van der Waals surface area contributed by atoms with Crippen LogP contribution in [0.15, 0.2) is 23.1 Å². The molecule has 0 atom stereocenters. The summed E-state index contributed by atoms with van der Waals surface area (Å²) in [6, 6.07) is 5.08. The van der Waals surface area contributed by atoms with Gasteiger partial charge in [-0.2, -0.15) is 0 Å². The second-order valence-corrected chi connectivity index (χ2v) is 7.51. The third kappa shape index (κ3) is 3.96. The number of hydrogen-bond donors (Lipinski definition) is 1. The highest BCUT2D eigenvalue weighted by atomic mass is 32.2. The molecule has 0 amide bonds. The van der Waals surface area contributed by atoms with Crippen LogP contribution in [0.5, 0.6) is 5.75 Å². The van der Waals surface area contributed by atoms with Gasteiger partial charge in [0.2, 0.25) is 10.0 Å². The van der Waals surface area contributed by atoms with Gasteiger partial charge in [0.1, 0.15) is 5.75 Å². The Morgan fingerprint density at radius 3 is 2.67 bits per heavy atom. The molecule has 1 N–H and O–H groups in total. The smallest absolute Gasteiger partial charge is 0.242 e. The largest absolute Gasteiger partial charge is 0.494 e. The van der Waals surface area contributed by atoms with E-state index in [1.807, 2.05) is 14.0 Å². The second-order valence-electron chi connectivity index (χ2n) is 5.46. The van der Waals surface area contributed by atoms with Crippen molar-refractivity contribution < 1.29 is 13.2 Å². The lowest BCUT2D eigenvalue weighted by atomic mass is 10.2. The number of nitrogens with one attached hydrogen (secondary N) is 1. The van der Waals surface area contributed by atoms with Crippen molar-refractivity contribution in [2.75, 3.05) is 27.2 Å². The molecular weight excluding hydrogens is 288 g/mol. The standard InChI is InChI=1S/C15H24N2O3S/c1-4-20-15-8-7-14(9-13(15)10-16-2)21(18,19)17(3)11-12-5-6-12/h7-9,12,16H,4-6,10-11H2,1-3H3. The topological polar surface area (TPSA) is 58.6 Å². The highest BCUT2D eigenvalue weighted by Crippen LogP contribution is 2.31. The highest BCUT2D eigenvalue weighted by Gasteiger charge is 2.29. The van der Waals surface area contributed by atoms with E-state index in [0.29, 0.717) is 30.5 Å². The summed E-state index contributed by atoms with van der Waals surface area (Å²) in [5.41, 5.74) is 0.861. The molecule has 1 aromatic rings. The first-order valence-electron chi connectivity index (χ1n) is 7.35. The van der Waals surface area contributed by atoms with E-state index < -0.39 is 10.0 Å². The molecule has 0 aliphatic heterocycles. The van der Waals surface area contributed by atoms with Gasteiger partial charge in [0, 0.05) is 25.7 Å². The molecule has 6 heteroatoms. The van der Waals surface area contributed by atoms with Crippen molar-refractivity contribution in [1.82, 2.24) is 9.62 Å². The Bertz CT molecular complexity index is 583. The van der Waals surface area contributed by atoms with Gasteiger partial charge in [-0.05, 0) is 50.9 Å². The van der Waals surface area contributed by atoms with Gasteiger partial charge in [-0.25, -0.2) is 12.7 Å². The van der Waals surface area contributed by atoms with E-state index >= 15 is 0 Å². The Balaban J connectivity index is 2.27. The molecule has 0 saturated heterocycles. The summed E-state index contributed by atoms with van der Waals surface area (Å²) in [4.78, 5) is 0.333. The Labute approximate surface area is 127 Å². The zero-order chi connectivity index (χ0) is 15.5. The van der Waals surface area contributed by atoms with E-state index in [9.17, 15) is 8.42 Å². The summed E-state index contributed by atoms with van der Waals surface area (Å²) < 4.78 is 32.2. The molecular formula is C15H24N2O3S. The van der Waals surface area contributed by atoms with E-state index in [-0.39, 0.29) is 0 Å². The van der Waals surface area contributed by atoms with E-state index in [4.69, 9.17) is 4.74 Å². The van der Waals surface area contributed by atoms with Crippen molar-refractivity contribution in [3.8, 4) is 5.75 Å². The zero-order valence-electron chi connectivity index (χ0n) is 12.9. The number of sulfonamides is 1. The van der Waals surface area contributed by atoms with Crippen LogP contribution in [0.2, 0.25) is 0 Å². The lowest BCUT2D eigenvalue weighted by Gasteiger charge is -2.18. The molecule has 0 spiro atoms. The first-order chi connectivity index (χ1) is 9.98. The van der Waals surface area contributed by atoms with Crippen LogP contribution in [0.3, 0.4) is 0 Å². The Kier molecular flexibility index (Phi) is 5.24. The van der Waals surface area contributed by atoms with Crippen molar-refractivity contribution in [3.05, 3.63) is 23.8 Å². The quantitative estimate of drug-likeness (QED) is 0.796. The molecule has 1 aromatic carbocycles. The molecule has 2 rings (SSSR count). The van der Waals surface area contributed by atoms with Gasteiger partial charge in [0.15, 0.2) is 0 Å². The predicted molar refractivity (Wildman–Crippen MR) is 82.9 cm³/mol. The third-order valence-electron chi connectivity index (χ3n) is 3.62. The number of benzene rings is 1. The minimum absolute atomic E-state index is 0.333. The van der Waals surface area contributed by atoms with Crippen molar-refractivity contribution in [2.45, 2.75) is 31.2 Å². The maximum Gasteiger partial charge on any atom is 0.242 e. The van der Waals surface area contributed by atoms with Crippen molar-refractivity contribution >= 4 is 10.0 Å². The SMILES string of the molecule is CCOc1ccc(S(=O)(=O)N(C)CC2CC2)cc1CNC. The molecule has 0 radical (unpaired) electrons. The van der Waals surface area contributed by atoms with Crippen LogP contribution in [0.1, 0.15) is 25.3 Å². The van der Waals surface area contributed by atoms with Crippen molar-refractivity contribution in [2.24, 2.45) is 5.92 Å². The summed E-state index contributed by atoms with van der Waals surface area (Å²) in [5, 5.41) is 3.04. The monoisotopic (exact) mass is 312 g/mol. The molecule has 5 nitrogen and oxygen atoms in total. The fraction of sp³-hybridized carbons (Fsp3) is 0.600. The van der Waals surface area contributed by atoms with Gasteiger partial charge in [-0.15, -0.1) is 0 Å². The molecule has 1 aliphatic carbocycles. The van der Waals surface area contributed by atoms with Gasteiger partial charge in [-0.1, -0.05) is 0 Å². The maximum atomic E-state index is 12.6. The number of hydrogen-bond acceptors (Lipinski definition) is 4. The van der Waals surface area contributed by atoms with Crippen LogP contribution in [0.4, 0.5) is 0 Å². The zero-order valence-corrected chi connectivity index (χ0v) is 13.7. The number of rotatable bonds is 8. The first-order valence-corrected chi connectivity index (χ1v) is 8.79. The molecule has 1 fully saturated rings. The Morgan fingerprint density at radius 2 is 2.10 bits per heavy atom. The van der Waals surface area contributed by atoms with Crippen LogP contribution in [-0.2, 0) is 16.6 Å². The summed E-state index contributed by atoms with van der Waals surface area (Å²) in [5.74, 6) is 1.26. The molecule has 0 unspecified atom stereocenters. The lowest BCUT2D eigenvalue weighted by Crippen LogP contribution is -2.29. The van der Waals surface area contributed by atoms with Crippen LogP contribution in [0.25, 0.3) is 0 Å². The van der Waals surface area contributed by atoms with E-state index in [0.717, 1.165) is 24.2 Å². The van der Waals surface area contributed by atoms with E-state index in [2.05, 4.69) is 5.32 Å². The first kappa shape index (κ1) is 16.3. The minimum Gasteiger partial charge on any atom is -0.494 e. The normalized spacial score (nSPS) is 15.4. The predicted octanol–water partition coefficient (Wildman–Crippen LogP) is 1.84. The summed E-state index contributed by atoms with van der Waals surface area (Å²) in [6.45, 7) is 3.66. The molecule has 1 saturated carbocycles. The van der Waals surface area contributed by atoms with Gasteiger partial charge >= 0.3 is 0 Å². The van der Waals surface area contributed by atoms with Gasteiger partial charge in [0.05, 0.1) is 11.5 Å². The average molecular weight is 312 g/mol. The van der Waals surface area contributed by atoms with Crippen molar-refractivity contribution in [1.29, 1.82) is 0 Å². The molecule has 0 bridgehead atoms. The van der Waals surface area contributed by atoms with Crippen LogP contribution >= 0.6 is 0 Å². The van der Waals surface area contributed by atoms with Gasteiger partial charge < -0.3 is 10.1 Å². The summed E-state index contributed by atoms with van der Waals surface area (Å²) in [7, 11) is 0.0675. The second kappa shape index (κ2) is 6.77. The lowest BCUT2D eigenvalue weighted by molar-refractivity contribution is 0.335. The van der Waals surface area contributed by atoms with Gasteiger partial charge in [-0.3, -0.25) is 0 Å². The number of nitrogens with zero attached hydrogens (tertiary/aromatic N) is 1. The molecule has 1 aliphatic rings. The molecule has 21 heavy (non-hydrogen) atoms. The van der Waals surface area contributed by atoms with Crippen molar-refractivity contribution in [3.63, 3.8) is 0 Å². The summed E-state index contributed by atoms with van der Waals surface area (Å²) >= 11 is 0. The van der Waals surface area contributed by atoms with E-state index in [1.54, 1.807) is 25.2 Å². The van der Waals surface area contributed by atoms with Crippen LogP contribution < -0.4 is 10.1 Å². The minimum atomic E-state index is -3.42. The van der Waals surface area contributed by atoms with E-state index in [1.165, 1.54) is 4.31 Å². The molecule has 0 heterocycles. The van der Waals surface area contributed by atoms with Crippen LogP contribution in [-0.4, -0.2) is 40.0 Å². The summed E-state index contributed by atoms with van der Waals surface area (Å²) in [6.07, 6.45) is 2.27. The fourth-order valence-electron chi connectivity index (χ4n) is 2.28. The average Bonchev–Trinajstić information content (AvgIpc) is 3.25.